The van der Waals surface area contributed by atoms with Gasteiger partial charge in [-0.3, -0.25) is 4.79 Å². The molecule has 1 aliphatic heterocycles. The summed E-state index contributed by atoms with van der Waals surface area (Å²) in [6, 6.07) is 2.02. The molecule has 0 radical (unpaired) electrons. The Morgan fingerprint density at radius 2 is 2.10 bits per heavy atom. The molecule has 1 amide bonds. The number of alkyl halides is 3. The normalized spacial score (nSPS) is 22.6. The molecule has 4 nitrogen and oxygen atoms in total. The molecule has 2 rings (SSSR count). The third kappa shape index (κ3) is 2.96. The lowest BCUT2D eigenvalue weighted by Gasteiger charge is -2.30. The van der Waals surface area contributed by atoms with Gasteiger partial charge >= 0.3 is 6.18 Å². The minimum absolute atomic E-state index is 0.0315. The van der Waals surface area contributed by atoms with E-state index >= 15 is 0 Å². The van der Waals surface area contributed by atoms with Crippen molar-refractivity contribution in [3.05, 3.63) is 23.4 Å². The second-order valence-electron chi connectivity index (χ2n) is 5.33. The van der Waals surface area contributed by atoms with Crippen LogP contribution in [0.3, 0.4) is 0 Å². The van der Waals surface area contributed by atoms with Gasteiger partial charge in [-0.1, -0.05) is 6.92 Å². The summed E-state index contributed by atoms with van der Waals surface area (Å²) in [4.78, 5) is 17.0. The summed E-state index contributed by atoms with van der Waals surface area (Å²) < 4.78 is 38.6. The molecule has 0 spiro atoms. The third-order valence-corrected chi connectivity index (χ3v) is 3.93. The number of amides is 1. The fraction of sp³-hybridized carbons (Fsp3) is 0.571. The molecule has 0 aliphatic carbocycles. The van der Waals surface area contributed by atoms with E-state index in [1.165, 1.54) is 0 Å². The lowest BCUT2D eigenvalue weighted by atomic mass is 10.1. The molecule has 0 bridgehead atoms. The smallest absolute Gasteiger partial charge is 0.365 e. The maximum Gasteiger partial charge on any atom is 0.433 e. The van der Waals surface area contributed by atoms with Gasteiger partial charge in [-0.05, 0) is 38.3 Å². The van der Waals surface area contributed by atoms with Gasteiger partial charge in [-0.15, -0.1) is 0 Å². The van der Waals surface area contributed by atoms with Gasteiger partial charge in [-0.2, -0.15) is 13.2 Å². The fourth-order valence-corrected chi connectivity index (χ4v) is 2.85. The van der Waals surface area contributed by atoms with E-state index in [0.29, 0.717) is 0 Å². The molecule has 1 aromatic rings. The van der Waals surface area contributed by atoms with Crippen LogP contribution in [0.15, 0.2) is 12.1 Å². The molecular weight excluding hydrogens is 283 g/mol. The summed E-state index contributed by atoms with van der Waals surface area (Å²) in [6.45, 7) is 3.88. The van der Waals surface area contributed by atoms with Gasteiger partial charge in [0.25, 0.3) is 5.91 Å². The van der Waals surface area contributed by atoms with Crippen molar-refractivity contribution in [3.63, 3.8) is 0 Å². The van der Waals surface area contributed by atoms with Gasteiger partial charge in [0.15, 0.2) is 0 Å². The van der Waals surface area contributed by atoms with Crippen LogP contribution in [0.1, 0.15) is 49.2 Å². The standard InChI is InChI=1S/C14H18F3N3O/c1-3-9-5-4-8(2)20(9)13-10(12(18)21)6-7-11(19-13)14(15,16)17/h6-9H,3-5H2,1-2H3,(H2,18,21). The molecular formula is C14H18F3N3O. The highest BCUT2D eigenvalue weighted by molar-refractivity contribution is 5.98. The molecule has 116 valence electrons. The maximum absolute atomic E-state index is 12.9. The average molecular weight is 301 g/mol. The Hall–Kier alpha value is -1.79. The van der Waals surface area contributed by atoms with Crippen molar-refractivity contribution >= 4 is 11.7 Å². The van der Waals surface area contributed by atoms with Gasteiger partial charge < -0.3 is 10.6 Å². The van der Waals surface area contributed by atoms with E-state index in [0.717, 1.165) is 31.4 Å². The number of nitrogens with two attached hydrogens (primary N) is 1. The number of nitrogens with zero attached hydrogens (tertiary/aromatic N) is 2. The number of carbonyl (C=O) groups is 1. The number of primary amides is 1. The van der Waals surface area contributed by atoms with Crippen LogP contribution in [0.2, 0.25) is 0 Å². The predicted octanol–water partition coefficient (Wildman–Crippen LogP) is 2.97. The minimum Gasteiger partial charge on any atom is -0.365 e. The molecule has 1 saturated heterocycles. The summed E-state index contributed by atoms with van der Waals surface area (Å²) >= 11 is 0. The van der Waals surface area contributed by atoms with E-state index in [2.05, 4.69) is 4.98 Å². The number of hydrogen-bond donors (Lipinski definition) is 1. The van der Waals surface area contributed by atoms with E-state index in [1.807, 2.05) is 13.8 Å². The lowest BCUT2D eigenvalue weighted by Crippen LogP contribution is -2.37. The van der Waals surface area contributed by atoms with Gasteiger partial charge in [0.1, 0.15) is 11.5 Å². The Labute approximate surface area is 121 Å². The maximum atomic E-state index is 12.9. The van der Waals surface area contributed by atoms with Crippen LogP contribution < -0.4 is 10.6 Å². The van der Waals surface area contributed by atoms with Crippen molar-refractivity contribution in [1.82, 2.24) is 4.98 Å². The van der Waals surface area contributed by atoms with Crippen LogP contribution >= 0.6 is 0 Å². The first kappa shape index (κ1) is 15.6. The Balaban J connectivity index is 2.55. The van der Waals surface area contributed by atoms with Crippen LogP contribution in [0, 0.1) is 0 Å². The zero-order valence-corrected chi connectivity index (χ0v) is 11.9. The van der Waals surface area contributed by atoms with Crippen LogP contribution in [0.25, 0.3) is 0 Å². The van der Waals surface area contributed by atoms with Gasteiger partial charge in [0.05, 0.1) is 5.56 Å². The largest absolute Gasteiger partial charge is 0.433 e. The Morgan fingerprint density at radius 1 is 1.43 bits per heavy atom. The molecule has 0 aromatic carbocycles. The number of hydrogen-bond acceptors (Lipinski definition) is 3. The summed E-state index contributed by atoms with van der Waals surface area (Å²) in [5, 5.41) is 0. The molecule has 0 saturated carbocycles. The molecule has 1 aliphatic rings. The second kappa shape index (κ2) is 5.54. The number of anilines is 1. The van der Waals surface area contributed by atoms with Gasteiger partial charge in [0.2, 0.25) is 0 Å². The lowest BCUT2D eigenvalue weighted by molar-refractivity contribution is -0.141. The predicted molar refractivity (Wildman–Crippen MR) is 73.0 cm³/mol. The highest BCUT2D eigenvalue weighted by Crippen LogP contribution is 2.35. The number of halogens is 3. The molecule has 7 heteroatoms. The second-order valence-corrected chi connectivity index (χ2v) is 5.33. The van der Waals surface area contributed by atoms with Crippen LogP contribution in [0.4, 0.5) is 19.0 Å². The quantitative estimate of drug-likeness (QED) is 0.933. The summed E-state index contributed by atoms with van der Waals surface area (Å²) in [5.41, 5.74) is 4.32. The van der Waals surface area contributed by atoms with Crippen LogP contribution in [0.5, 0.6) is 0 Å². The number of pyridine rings is 1. The first-order chi connectivity index (χ1) is 9.75. The monoisotopic (exact) mass is 301 g/mol. The van der Waals surface area contributed by atoms with Crippen molar-refractivity contribution in [2.45, 2.75) is 51.4 Å². The highest BCUT2D eigenvalue weighted by Gasteiger charge is 2.37. The van der Waals surface area contributed by atoms with Gasteiger partial charge in [-0.25, -0.2) is 4.98 Å². The first-order valence-electron chi connectivity index (χ1n) is 6.92. The fourth-order valence-electron chi connectivity index (χ4n) is 2.85. The van der Waals surface area contributed by atoms with Crippen LogP contribution in [-0.4, -0.2) is 23.0 Å². The van der Waals surface area contributed by atoms with Crippen molar-refractivity contribution in [2.75, 3.05) is 4.90 Å². The zero-order chi connectivity index (χ0) is 15.8. The Bertz CT molecular complexity index is 545. The topological polar surface area (TPSA) is 59.2 Å². The van der Waals surface area contributed by atoms with E-state index in [4.69, 9.17) is 5.73 Å². The van der Waals surface area contributed by atoms with Crippen molar-refractivity contribution in [3.8, 4) is 0 Å². The number of carbonyl (C=O) groups excluding carboxylic acids is 1. The minimum atomic E-state index is -4.55. The first-order valence-corrected chi connectivity index (χ1v) is 6.92. The molecule has 2 N–H and O–H groups in total. The van der Waals surface area contributed by atoms with E-state index in [-0.39, 0.29) is 23.5 Å². The SMILES string of the molecule is CCC1CCC(C)N1c1nc(C(F)(F)F)ccc1C(N)=O. The van der Waals surface area contributed by atoms with E-state index < -0.39 is 17.8 Å². The Morgan fingerprint density at radius 3 is 2.62 bits per heavy atom. The highest BCUT2D eigenvalue weighted by atomic mass is 19.4. The van der Waals surface area contributed by atoms with Crippen molar-refractivity contribution in [1.29, 1.82) is 0 Å². The molecule has 2 unspecified atom stereocenters. The zero-order valence-electron chi connectivity index (χ0n) is 11.9. The summed E-state index contributed by atoms with van der Waals surface area (Å²) in [7, 11) is 0. The van der Waals surface area contributed by atoms with E-state index in [9.17, 15) is 18.0 Å². The molecule has 21 heavy (non-hydrogen) atoms. The third-order valence-electron chi connectivity index (χ3n) is 3.93. The number of aromatic nitrogens is 1. The van der Waals surface area contributed by atoms with Crippen molar-refractivity contribution in [2.24, 2.45) is 5.73 Å². The number of rotatable bonds is 3. The molecule has 2 atom stereocenters. The average Bonchev–Trinajstić information content (AvgIpc) is 2.77. The van der Waals surface area contributed by atoms with Crippen LogP contribution in [-0.2, 0) is 6.18 Å². The molecule has 2 heterocycles. The van der Waals surface area contributed by atoms with Crippen molar-refractivity contribution < 1.29 is 18.0 Å². The van der Waals surface area contributed by atoms with E-state index in [1.54, 1.807) is 4.90 Å². The molecule has 1 fully saturated rings. The summed E-state index contributed by atoms with van der Waals surface area (Å²) in [6.07, 6.45) is -2.04. The summed E-state index contributed by atoms with van der Waals surface area (Å²) in [5.74, 6) is -0.714. The van der Waals surface area contributed by atoms with Gasteiger partial charge in [0, 0.05) is 12.1 Å². The Kier molecular flexibility index (Phi) is 4.11. The molecule has 1 aromatic heterocycles.